The summed E-state index contributed by atoms with van der Waals surface area (Å²) in [5.74, 6) is 0.283. The van der Waals surface area contributed by atoms with Crippen molar-refractivity contribution in [2.75, 3.05) is 11.9 Å². The average molecular weight is 477 g/mol. The van der Waals surface area contributed by atoms with Gasteiger partial charge in [-0.3, -0.25) is 4.79 Å². The van der Waals surface area contributed by atoms with Crippen molar-refractivity contribution in [1.29, 1.82) is 0 Å². The smallest absolute Gasteiger partial charge is 0.232 e. The van der Waals surface area contributed by atoms with Crippen molar-refractivity contribution in [3.05, 3.63) is 63.8 Å². The van der Waals surface area contributed by atoms with E-state index in [0.717, 1.165) is 35.9 Å². The van der Waals surface area contributed by atoms with Crippen molar-refractivity contribution in [1.82, 2.24) is 4.98 Å². The normalized spacial score (nSPS) is 17.1. The first-order chi connectivity index (χ1) is 15.1. The Bertz CT molecular complexity index is 1130. The highest BCUT2D eigenvalue weighted by atomic mass is 35.5. The van der Waals surface area contributed by atoms with Crippen LogP contribution in [0.4, 0.5) is 5.13 Å². The van der Waals surface area contributed by atoms with Crippen LogP contribution >= 0.6 is 34.5 Å². The molecule has 31 heavy (non-hydrogen) atoms. The van der Waals surface area contributed by atoms with E-state index in [1.54, 1.807) is 30.5 Å². The van der Waals surface area contributed by atoms with Crippen molar-refractivity contribution in [3.8, 4) is 5.75 Å². The molecular weight excluding hydrogens is 455 g/mol. The van der Waals surface area contributed by atoms with Gasteiger partial charge in [-0.2, -0.15) is 0 Å². The van der Waals surface area contributed by atoms with E-state index in [-0.39, 0.29) is 5.78 Å². The molecule has 0 spiro atoms. The predicted octanol–water partition coefficient (Wildman–Crippen LogP) is 7.10. The molecule has 5 nitrogen and oxygen atoms in total. The van der Waals surface area contributed by atoms with Crippen LogP contribution in [0.15, 0.2) is 48.2 Å². The summed E-state index contributed by atoms with van der Waals surface area (Å²) in [5.41, 5.74) is 1.51. The lowest BCUT2D eigenvalue weighted by atomic mass is 10.00. The summed E-state index contributed by atoms with van der Waals surface area (Å²) in [6.07, 6.45) is 5.09. The number of carbonyl (C=O) groups is 1. The fraction of sp³-hybridized carbons (Fsp3) is 0.304. The summed E-state index contributed by atoms with van der Waals surface area (Å²) in [7, 11) is 0. The maximum atomic E-state index is 13.2. The van der Waals surface area contributed by atoms with Crippen LogP contribution in [0.5, 0.6) is 5.75 Å². The quantitative estimate of drug-likeness (QED) is 0.277. The third-order valence-corrected chi connectivity index (χ3v) is 6.42. The number of anilines is 1. The Hall–Kier alpha value is -2.12. The number of hydrogen-bond acceptors (Lipinski definition) is 6. The minimum absolute atomic E-state index is 0.186. The minimum atomic E-state index is -0.798. The Balaban J connectivity index is 1.58. The molecule has 4 rings (SSSR count). The number of carbonyl (C=O) groups excluding carboxylic acids is 1. The molecule has 0 amide bonds. The van der Waals surface area contributed by atoms with E-state index in [1.807, 2.05) is 12.1 Å². The van der Waals surface area contributed by atoms with Crippen molar-refractivity contribution < 1.29 is 14.3 Å². The van der Waals surface area contributed by atoms with Crippen LogP contribution in [0.1, 0.15) is 43.0 Å². The number of rotatable bonds is 8. The molecule has 0 radical (unpaired) electrons. The molecule has 0 aliphatic carbocycles. The maximum Gasteiger partial charge on any atom is 0.232 e. The lowest BCUT2D eigenvalue weighted by Crippen LogP contribution is -2.33. The predicted molar refractivity (Wildman–Crippen MR) is 127 cm³/mol. The fourth-order valence-electron chi connectivity index (χ4n) is 3.32. The van der Waals surface area contributed by atoms with E-state index >= 15 is 0 Å². The summed E-state index contributed by atoms with van der Waals surface area (Å²) in [6.45, 7) is 2.67. The number of para-hydroxylation sites is 1. The second-order valence-corrected chi connectivity index (χ2v) is 9.07. The summed E-state index contributed by atoms with van der Waals surface area (Å²) >= 11 is 13.8. The first-order valence-corrected chi connectivity index (χ1v) is 11.8. The number of thiazole rings is 1. The third kappa shape index (κ3) is 5.04. The van der Waals surface area contributed by atoms with E-state index in [9.17, 15) is 4.79 Å². The number of fused-ring (bicyclic) bond motifs is 2. The SMILES string of the molecule is CCCCCCO[C@H]1Oc2ccc(Cl)cc2C(=O)/C1=C\Nc1nc2c(Cl)cccc2s1. The van der Waals surface area contributed by atoms with Gasteiger partial charge in [0.05, 0.1) is 27.5 Å². The molecule has 3 aromatic rings. The fourth-order valence-corrected chi connectivity index (χ4v) is 4.62. The van der Waals surface area contributed by atoms with Crippen LogP contribution in [0.3, 0.4) is 0 Å². The van der Waals surface area contributed by atoms with Crippen molar-refractivity contribution in [2.24, 2.45) is 0 Å². The highest BCUT2D eigenvalue weighted by molar-refractivity contribution is 7.22. The number of halogens is 2. The Kier molecular flexibility index (Phi) is 7.13. The summed E-state index contributed by atoms with van der Waals surface area (Å²) < 4.78 is 12.9. The van der Waals surface area contributed by atoms with Crippen LogP contribution in [0, 0.1) is 0 Å². The second kappa shape index (κ2) is 10.0. The van der Waals surface area contributed by atoms with Crippen LogP contribution in [-0.4, -0.2) is 23.7 Å². The highest BCUT2D eigenvalue weighted by Gasteiger charge is 2.33. The molecular formula is C23H22Cl2N2O3S. The van der Waals surface area contributed by atoms with Gasteiger partial charge in [-0.15, -0.1) is 0 Å². The molecule has 2 heterocycles. The van der Waals surface area contributed by atoms with E-state index in [2.05, 4.69) is 17.2 Å². The Labute approximate surface area is 195 Å². The van der Waals surface area contributed by atoms with Crippen molar-refractivity contribution >= 4 is 55.7 Å². The molecule has 0 bridgehead atoms. The van der Waals surface area contributed by atoms with E-state index in [4.69, 9.17) is 32.7 Å². The maximum absolute atomic E-state index is 13.2. The molecule has 1 N–H and O–H groups in total. The van der Waals surface area contributed by atoms with Crippen LogP contribution < -0.4 is 10.1 Å². The van der Waals surface area contributed by atoms with E-state index < -0.39 is 6.29 Å². The molecule has 1 atom stereocenters. The molecule has 0 saturated heterocycles. The molecule has 162 valence electrons. The first-order valence-electron chi connectivity index (χ1n) is 10.2. The number of nitrogens with zero attached hydrogens (tertiary/aromatic N) is 1. The van der Waals surface area contributed by atoms with Crippen molar-refractivity contribution in [2.45, 2.75) is 38.9 Å². The Morgan fingerprint density at radius 2 is 2.10 bits per heavy atom. The number of ether oxygens (including phenoxy) is 2. The summed E-state index contributed by atoms with van der Waals surface area (Å²) in [6, 6.07) is 10.6. The summed E-state index contributed by atoms with van der Waals surface area (Å²) in [5, 5.41) is 4.81. The summed E-state index contributed by atoms with van der Waals surface area (Å²) in [4.78, 5) is 17.7. The molecule has 2 aromatic carbocycles. The standard InChI is InChI=1S/C23H22Cl2N2O3S/c1-2-3-4-5-11-29-22-16(21(28)15-12-14(24)9-10-18(15)30-22)13-26-23-27-20-17(25)7-6-8-19(20)31-23/h6-10,12-13,22H,2-5,11H2,1H3,(H,26,27)/b16-13+/t22-/m0/s1. The van der Waals surface area contributed by atoms with Gasteiger partial charge >= 0.3 is 0 Å². The Morgan fingerprint density at radius 3 is 2.90 bits per heavy atom. The lowest BCUT2D eigenvalue weighted by Gasteiger charge is -2.27. The number of unbranched alkanes of at least 4 members (excludes halogenated alkanes) is 3. The second-order valence-electron chi connectivity index (χ2n) is 7.20. The number of benzene rings is 2. The van der Waals surface area contributed by atoms with Crippen molar-refractivity contribution in [3.63, 3.8) is 0 Å². The molecule has 1 aromatic heterocycles. The molecule has 1 aliphatic rings. The monoisotopic (exact) mass is 476 g/mol. The number of aromatic nitrogens is 1. The number of nitrogens with one attached hydrogen (secondary N) is 1. The van der Waals surface area contributed by atoms with Gasteiger partial charge in [0.15, 0.2) is 5.13 Å². The Morgan fingerprint density at radius 1 is 1.23 bits per heavy atom. The van der Waals surface area contributed by atoms with Crippen LogP contribution in [-0.2, 0) is 4.74 Å². The first kappa shape index (κ1) is 22.1. The molecule has 8 heteroatoms. The third-order valence-electron chi connectivity index (χ3n) is 4.92. The van der Waals surface area contributed by atoms with Gasteiger partial charge in [0.2, 0.25) is 12.1 Å². The van der Waals surface area contributed by atoms with E-state index in [1.165, 1.54) is 11.3 Å². The molecule has 0 fully saturated rings. The largest absolute Gasteiger partial charge is 0.460 e. The van der Waals surface area contributed by atoms with Crippen LogP contribution in [0.2, 0.25) is 10.0 Å². The van der Waals surface area contributed by atoms with E-state index in [0.29, 0.717) is 38.7 Å². The minimum Gasteiger partial charge on any atom is -0.460 e. The van der Waals surface area contributed by atoms with Gasteiger partial charge < -0.3 is 14.8 Å². The number of ketones is 1. The zero-order chi connectivity index (χ0) is 21.8. The number of hydrogen-bond donors (Lipinski definition) is 1. The van der Waals surface area contributed by atoms with Gasteiger partial charge in [-0.1, -0.05) is 66.8 Å². The van der Waals surface area contributed by atoms with Crippen LogP contribution in [0.25, 0.3) is 10.2 Å². The van der Waals surface area contributed by atoms with Gasteiger partial charge in [-0.25, -0.2) is 4.98 Å². The zero-order valence-electron chi connectivity index (χ0n) is 17.0. The topological polar surface area (TPSA) is 60.5 Å². The van der Waals surface area contributed by atoms with Gasteiger partial charge in [0, 0.05) is 11.2 Å². The van der Waals surface area contributed by atoms with Gasteiger partial charge in [-0.05, 0) is 36.8 Å². The number of Topliss-reactive ketones (excluding diaryl/α,β-unsaturated/α-hetero) is 1. The molecule has 0 unspecified atom stereocenters. The highest BCUT2D eigenvalue weighted by Crippen LogP contribution is 2.34. The zero-order valence-corrected chi connectivity index (χ0v) is 19.3. The van der Waals surface area contributed by atoms with Gasteiger partial charge in [0.25, 0.3) is 0 Å². The van der Waals surface area contributed by atoms with Gasteiger partial charge in [0.1, 0.15) is 11.3 Å². The lowest BCUT2D eigenvalue weighted by molar-refractivity contribution is -0.0573. The molecule has 1 aliphatic heterocycles. The molecule has 0 saturated carbocycles. The average Bonchev–Trinajstić information content (AvgIpc) is 3.18.